The van der Waals surface area contributed by atoms with Crippen LogP contribution in [0.1, 0.15) is 32.1 Å². The lowest BCUT2D eigenvalue weighted by atomic mass is 9.95. The Balaban J connectivity index is 2.21. The molecule has 108 valence electrons. The Labute approximate surface area is 116 Å². The van der Waals surface area contributed by atoms with E-state index in [1.54, 1.807) is 5.94 Å². The van der Waals surface area contributed by atoms with Crippen molar-refractivity contribution >= 4 is 11.9 Å². The average molecular weight is 279 g/mol. The van der Waals surface area contributed by atoms with Crippen LogP contribution in [0.5, 0.6) is 0 Å². The normalized spacial score (nSPS) is 23.6. The van der Waals surface area contributed by atoms with Crippen molar-refractivity contribution in [1.82, 2.24) is 0 Å². The summed E-state index contributed by atoms with van der Waals surface area (Å²) in [4.78, 5) is 26.7. The van der Waals surface area contributed by atoms with E-state index in [9.17, 15) is 9.59 Å². The van der Waals surface area contributed by atoms with Crippen LogP contribution < -0.4 is 5.90 Å². The average Bonchev–Trinajstić information content (AvgIpc) is 2.47. The minimum absolute atomic E-state index is 0.0261. The van der Waals surface area contributed by atoms with Crippen LogP contribution in [-0.2, 0) is 19.2 Å². The molecule has 0 bridgehead atoms. The van der Waals surface area contributed by atoms with E-state index in [1.807, 2.05) is 0 Å². The molecule has 1 saturated carbocycles. The molecule has 6 nitrogen and oxygen atoms in total. The van der Waals surface area contributed by atoms with Gasteiger partial charge >= 0.3 is 5.97 Å². The van der Waals surface area contributed by atoms with Crippen LogP contribution in [-0.4, -0.2) is 29.2 Å². The number of allylic oxidation sites excluding steroid dienone is 1. The van der Waals surface area contributed by atoms with Gasteiger partial charge in [0.05, 0.1) is 17.3 Å². The lowest BCUT2D eigenvalue weighted by Crippen LogP contribution is -2.29. The molecular weight excluding hydrogens is 262 g/mol. The highest BCUT2D eigenvalue weighted by molar-refractivity contribution is 5.91. The molecule has 6 heteroatoms. The molecule has 0 aliphatic heterocycles. The minimum atomic E-state index is -1.20. The van der Waals surface area contributed by atoms with Crippen molar-refractivity contribution < 1.29 is 24.3 Å². The fraction of sp³-hybridized carbons (Fsp3) is 0.500. The standard InChI is InChI=1S/C14H17NO5/c15-20-13-9(8-16)6-11(7-12(13)14(17)18)19-10-4-2-1-3-5-10/h6-7,10,13H,1-5,15H2,(H,17,18). The number of carbonyl (C=O) groups excluding carboxylic acids is 1. The highest BCUT2D eigenvalue weighted by Gasteiger charge is 2.30. The zero-order valence-electron chi connectivity index (χ0n) is 11.0. The van der Waals surface area contributed by atoms with Crippen LogP contribution in [0.25, 0.3) is 0 Å². The third kappa shape index (κ3) is 3.17. The van der Waals surface area contributed by atoms with E-state index in [1.165, 1.54) is 18.6 Å². The fourth-order valence-corrected chi connectivity index (χ4v) is 2.51. The molecule has 1 fully saturated rings. The van der Waals surface area contributed by atoms with Crippen LogP contribution >= 0.6 is 0 Å². The molecule has 3 N–H and O–H groups in total. The Kier molecular flexibility index (Phi) is 4.74. The van der Waals surface area contributed by atoms with Gasteiger partial charge in [-0.15, -0.1) is 0 Å². The van der Waals surface area contributed by atoms with Crippen molar-refractivity contribution in [3.63, 3.8) is 0 Å². The van der Waals surface area contributed by atoms with E-state index >= 15 is 0 Å². The molecule has 20 heavy (non-hydrogen) atoms. The summed E-state index contributed by atoms with van der Waals surface area (Å²) in [7, 11) is 0. The second kappa shape index (κ2) is 6.52. The van der Waals surface area contributed by atoms with Crippen molar-refractivity contribution in [3.05, 3.63) is 29.1 Å². The van der Waals surface area contributed by atoms with E-state index in [2.05, 4.69) is 4.84 Å². The first kappa shape index (κ1) is 14.5. The van der Waals surface area contributed by atoms with Crippen molar-refractivity contribution in [2.75, 3.05) is 0 Å². The Bertz CT molecular complexity index is 496. The van der Waals surface area contributed by atoms with Crippen molar-refractivity contribution in [1.29, 1.82) is 0 Å². The number of ether oxygens (including phenoxy) is 1. The molecule has 0 saturated heterocycles. The van der Waals surface area contributed by atoms with E-state index < -0.39 is 12.1 Å². The second-order valence-corrected chi connectivity index (χ2v) is 4.90. The van der Waals surface area contributed by atoms with Gasteiger partial charge in [0.25, 0.3) is 0 Å². The van der Waals surface area contributed by atoms with Gasteiger partial charge in [-0.2, -0.15) is 0 Å². The predicted octanol–water partition coefficient (Wildman–Crippen LogP) is 1.26. The van der Waals surface area contributed by atoms with Gasteiger partial charge in [-0.25, -0.2) is 15.5 Å². The smallest absolute Gasteiger partial charge is 0.334 e. The van der Waals surface area contributed by atoms with Crippen LogP contribution in [0, 0.1) is 0 Å². The molecule has 1 atom stereocenters. The van der Waals surface area contributed by atoms with Crippen LogP contribution in [0.15, 0.2) is 29.1 Å². The summed E-state index contributed by atoms with van der Waals surface area (Å²) >= 11 is 0. The minimum Gasteiger partial charge on any atom is -0.490 e. The molecule has 0 heterocycles. The molecule has 0 aromatic heterocycles. The van der Waals surface area contributed by atoms with Gasteiger partial charge in [0.2, 0.25) is 0 Å². The number of rotatable bonds is 4. The number of hydrogen-bond acceptors (Lipinski definition) is 5. The lowest BCUT2D eigenvalue weighted by molar-refractivity contribution is -0.134. The van der Waals surface area contributed by atoms with Gasteiger partial charge in [-0.3, -0.25) is 4.84 Å². The van der Waals surface area contributed by atoms with E-state index in [-0.39, 0.29) is 17.3 Å². The van der Waals surface area contributed by atoms with Gasteiger partial charge in [0.1, 0.15) is 17.8 Å². The highest BCUT2D eigenvalue weighted by Crippen LogP contribution is 2.28. The number of aliphatic carboxylic acids is 1. The van der Waals surface area contributed by atoms with E-state index in [0.717, 1.165) is 25.7 Å². The zero-order valence-corrected chi connectivity index (χ0v) is 11.0. The van der Waals surface area contributed by atoms with Crippen molar-refractivity contribution in [2.45, 2.75) is 44.3 Å². The van der Waals surface area contributed by atoms with Crippen LogP contribution in [0.3, 0.4) is 0 Å². The maximum atomic E-state index is 11.2. The summed E-state index contributed by atoms with van der Waals surface area (Å²) in [5, 5.41) is 9.15. The molecule has 2 aliphatic rings. The second-order valence-electron chi connectivity index (χ2n) is 4.90. The van der Waals surface area contributed by atoms with Gasteiger partial charge in [0, 0.05) is 0 Å². The third-order valence-corrected chi connectivity index (χ3v) is 3.52. The number of carbonyl (C=O) groups is 1. The van der Waals surface area contributed by atoms with Crippen LogP contribution in [0.4, 0.5) is 0 Å². The molecular formula is C14H17NO5. The molecule has 2 aliphatic carbocycles. The predicted molar refractivity (Wildman–Crippen MR) is 70.0 cm³/mol. The first-order chi connectivity index (χ1) is 9.65. The molecule has 0 aromatic rings. The van der Waals surface area contributed by atoms with Crippen molar-refractivity contribution in [3.8, 4) is 0 Å². The van der Waals surface area contributed by atoms with E-state index in [0.29, 0.717) is 5.76 Å². The molecule has 0 amide bonds. The summed E-state index contributed by atoms with van der Waals surface area (Å²) in [6.45, 7) is 0. The van der Waals surface area contributed by atoms with Crippen molar-refractivity contribution in [2.24, 2.45) is 5.90 Å². The number of carboxylic acids is 1. The molecule has 0 aromatic carbocycles. The van der Waals surface area contributed by atoms with E-state index in [4.69, 9.17) is 15.7 Å². The first-order valence-corrected chi connectivity index (χ1v) is 6.59. The Morgan fingerprint density at radius 3 is 2.55 bits per heavy atom. The monoisotopic (exact) mass is 279 g/mol. The topological polar surface area (TPSA) is 98.9 Å². The third-order valence-electron chi connectivity index (χ3n) is 3.52. The summed E-state index contributed by atoms with van der Waals surface area (Å²) in [6, 6.07) is 0. The zero-order chi connectivity index (χ0) is 14.5. The van der Waals surface area contributed by atoms with Gasteiger partial charge in [-0.1, -0.05) is 6.42 Å². The van der Waals surface area contributed by atoms with Crippen LogP contribution in [0.2, 0.25) is 0 Å². The fourth-order valence-electron chi connectivity index (χ4n) is 2.51. The molecule has 2 rings (SSSR count). The maximum absolute atomic E-state index is 11.2. The number of hydrogen-bond donors (Lipinski definition) is 2. The van der Waals surface area contributed by atoms with Gasteiger partial charge in [-0.05, 0) is 37.8 Å². The summed E-state index contributed by atoms with van der Waals surface area (Å²) in [5.41, 5.74) is -0.0997. The Morgan fingerprint density at radius 2 is 2.00 bits per heavy atom. The van der Waals surface area contributed by atoms with Gasteiger partial charge in [0.15, 0.2) is 0 Å². The summed E-state index contributed by atoms with van der Waals surface area (Å²) < 4.78 is 5.76. The quantitative estimate of drug-likeness (QED) is 0.593. The highest BCUT2D eigenvalue weighted by atomic mass is 16.6. The molecule has 0 spiro atoms. The maximum Gasteiger partial charge on any atom is 0.334 e. The van der Waals surface area contributed by atoms with Gasteiger partial charge < -0.3 is 9.84 Å². The first-order valence-electron chi connectivity index (χ1n) is 6.59. The molecule has 0 radical (unpaired) electrons. The molecule has 1 unspecified atom stereocenters. The largest absolute Gasteiger partial charge is 0.490 e. The SMILES string of the molecule is NOC1C(=C=O)C=C(OC2CCCCC2)C=C1C(=O)O. The Morgan fingerprint density at radius 1 is 1.30 bits per heavy atom. The number of carboxylic acid groups (broad SMARTS) is 1. The Hall–Kier alpha value is -1.88. The number of nitrogens with two attached hydrogens (primary N) is 1. The summed E-state index contributed by atoms with van der Waals surface area (Å²) in [6.07, 6.45) is 7.00. The lowest BCUT2D eigenvalue weighted by Gasteiger charge is -2.26. The summed E-state index contributed by atoms with van der Waals surface area (Å²) in [5.74, 6) is 5.86.